The fourth-order valence-electron chi connectivity index (χ4n) is 2.24. The molecule has 3 nitrogen and oxygen atoms in total. The Morgan fingerprint density at radius 3 is 2.67 bits per heavy atom. The molecule has 1 saturated heterocycles. The SMILES string of the molecule is Cc1ccc(C(F)(F)F)cc1NC(=O)[C@@H]1CCCNC1.Cl. The van der Waals surface area contributed by atoms with Gasteiger partial charge in [-0.15, -0.1) is 12.4 Å². The molecule has 1 amide bonds. The first-order valence-corrected chi connectivity index (χ1v) is 6.57. The standard InChI is InChI=1S/C14H17F3N2O.ClH/c1-9-4-5-11(14(15,16)17)7-12(9)19-13(20)10-3-2-6-18-8-10;/h4-5,7,10,18H,2-3,6,8H2,1H3,(H,19,20);1H/t10-;/m1./s1. The Labute approximate surface area is 127 Å². The van der Waals surface area contributed by atoms with Crippen molar-refractivity contribution in [2.24, 2.45) is 5.92 Å². The summed E-state index contributed by atoms with van der Waals surface area (Å²) in [5, 5.41) is 5.72. The van der Waals surface area contributed by atoms with Gasteiger partial charge in [-0.25, -0.2) is 0 Å². The molecule has 1 fully saturated rings. The van der Waals surface area contributed by atoms with E-state index in [-0.39, 0.29) is 29.9 Å². The average molecular weight is 323 g/mol. The molecule has 0 aromatic heterocycles. The van der Waals surface area contributed by atoms with Gasteiger partial charge in [0.15, 0.2) is 0 Å². The topological polar surface area (TPSA) is 41.1 Å². The van der Waals surface area contributed by atoms with E-state index in [1.807, 2.05) is 0 Å². The van der Waals surface area contributed by atoms with Gasteiger partial charge >= 0.3 is 6.18 Å². The lowest BCUT2D eigenvalue weighted by atomic mass is 9.98. The number of carbonyl (C=O) groups is 1. The second kappa shape index (κ2) is 7.13. The van der Waals surface area contributed by atoms with Gasteiger partial charge < -0.3 is 10.6 Å². The third-order valence-corrected chi connectivity index (χ3v) is 3.49. The molecule has 0 unspecified atom stereocenters. The molecule has 1 aliphatic heterocycles. The fourth-order valence-corrected chi connectivity index (χ4v) is 2.24. The smallest absolute Gasteiger partial charge is 0.326 e. The Hall–Kier alpha value is -1.27. The number of benzene rings is 1. The van der Waals surface area contributed by atoms with Crippen molar-refractivity contribution >= 4 is 24.0 Å². The maximum absolute atomic E-state index is 12.7. The fraction of sp³-hybridized carbons (Fsp3) is 0.500. The van der Waals surface area contributed by atoms with Crippen LogP contribution in [0.3, 0.4) is 0 Å². The number of hydrogen-bond donors (Lipinski definition) is 2. The number of nitrogens with one attached hydrogen (secondary N) is 2. The molecule has 7 heteroatoms. The maximum Gasteiger partial charge on any atom is 0.416 e. The van der Waals surface area contributed by atoms with Crippen molar-refractivity contribution in [2.75, 3.05) is 18.4 Å². The van der Waals surface area contributed by atoms with Crippen LogP contribution in [0.15, 0.2) is 18.2 Å². The molecular formula is C14H18ClF3N2O. The van der Waals surface area contributed by atoms with Crippen LogP contribution in [0.2, 0.25) is 0 Å². The van der Waals surface area contributed by atoms with E-state index >= 15 is 0 Å². The molecule has 1 aromatic rings. The van der Waals surface area contributed by atoms with E-state index in [2.05, 4.69) is 10.6 Å². The van der Waals surface area contributed by atoms with Gasteiger partial charge in [0.05, 0.1) is 11.5 Å². The Morgan fingerprint density at radius 2 is 2.10 bits per heavy atom. The van der Waals surface area contributed by atoms with Crippen molar-refractivity contribution in [3.63, 3.8) is 0 Å². The predicted octanol–water partition coefficient (Wildman–Crippen LogP) is 3.37. The first-order chi connectivity index (χ1) is 9.38. The van der Waals surface area contributed by atoms with E-state index in [1.165, 1.54) is 6.07 Å². The van der Waals surface area contributed by atoms with Crippen molar-refractivity contribution in [3.8, 4) is 0 Å². The molecule has 2 N–H and O–H groups in total. The highest BCUT2D eigenvalue weighted by molar-refractivity contribution is 5.93. The molecular weight excluding hydrogens is 305 g/mol. The van der Waals surface area contributed by atoms with Crippen molar-refractivity contribution in [1.29, 1.82) is 0 Å². The highest BCUT2D eigenvalue weighted by Gasteiger charge is 2.31. The zero-order valence-electron chi connectivity index (χ0n) is 11.6. The molecule has 0 radical (unpaired) electrons. The molecule has 0 bridgehead atoms. The number of amides is 1. The molecule has 2 rings (SSSR count). The minimum absolute atomic E-state index is 0. The molecule has 21 heavy (non-hydrogen) atoms. The lowest BCUT2D eigenvalue weighted by Crippen LogP contribution is -2.37. The van der Waals surface area contributed by atoms with Crippen LogP contribution in [0.1, 0.15) is 24.0 Å². The van der Waals surface area contributed by atoms with Crippen LogP contribution in [0.5, 0.6) is 0 Å². The summed E-state index contributed by atoms with van der Waals surface area (Å²) in [6.07, 6.45) is -2.74. The van der Waals surface area contributed by atoms with Gasteiger partial charge in [-0.2, -0.15) is 13.2 Å². The Bertz CT molecular complexity index is 499. The first kappa shape index (κ1) is 17.8. The highest BCUT2D eigenvalue weighted by Crippen LogP contribution is 2.32. The van der Waals surface area contributed by atoms with Crippen LogP contribution < -0.4 is 10.6 Å². The Balaban J connectivity index is 0.00000220. The molecule has 1 aliphatic rings. The number of aryl methyl sites for hydroxylation is 1. The quantitative estimate of drug-likeness (QED) is 0.876. The highest BCUT2D eigenvalue weighted by atomic mass is 35.5. The first-order valence-electron chi connectivity index (χ1n) is 6.57. The summed E-state index contributed by atoms with van der Waals surface area (Å²) in [4.78, 5) is 12.0. The molecule has 118 valence electrons. The van der Waals surface area contributed by atoms with Crippen molar-refractivity contribution in [1.82, 2.24) is 5.32 Å². The predicted molar refractivity (Wildman–Crippen MR) is 77.7 cm³/mol. The van der Waals surface area contributed by atoms with Gasteiger partial charge in [0, 0.05) is 12.2 Å². The van der Waals surface area contributed by atoms with Gasteiger partial charge in [-0.3, -0.25) is 4.79 Å². The minimum atomic E-state index is -4.40. The summed E-state index contributed by atoms with van der Waals surface area (Å²) < 4.78 is 38.0. The zero-order valence-corrected chi connectivity index (χ0v) is 12.4. The van der Waals surface area contributed by atoms with Gasteiger partial charge in [0.1, 0.15) is 0 Å². The summed E-state index contributed by atoms with van der Waals surface area (Å²) in [7, 11) is 0. The summed E-state index contributed by atoms with van der Waals surface area (Å²) >= 11 is 0. The van der Waals surface area contributed by atoms with E-state index in [9.17, 15) is 18.0 Å². The summed E-state index contributed by atoms with van der Waals surface area (Å²) in [6.45, 7) is 3.13. The number of carbonyl (C=O) groups excluding carboxylic acids is 1. The van der Waals surface area contributed by atoms with E-state index in [0.717, 1.165) is 31.5 Å². The van der Waals surface area contributed by atoms with Gasteiger partial charge in [0.25, 0.3) is 0 Å². The summed E-state index contributed by atoms with van der Waals surface area (Å²) in [5.74, 6) is -0.405. The molecule has 1 atom stereocenters. The Morgan fingerprint density at radius 1 is 1.38 bits per heavy atom. The number of halogens is 4. The van der Waals surface area contributed by atoms with Crippen LogP contribution in [-0.2, 0) is 11.0 Å². The largest absolute Gasteiger partial charge is 0.416 e. The maximum atomic E-state index is 12.7. The normalized spacial score (nSPS) is 18.8. The molecule has 0 aliphatic carbocycles. The van der Waals surface area contributed by atoms with Gasteiger partial charge in [0.2, 0.25) is 5.91 Å². The molecule has 0 saturated carbocycles. The van der Waals surface area contributed by atoms with Crippen molar-refractivity contribution < 1.29 is 18.0 Å². The van der Waals surface area contributed by atoms with Crippen LogP contribution in [0.4, 0.5) is 18.9 Å². The minimum Gasteiger partial charge on any atom is -0.326 e. The summed E-state index contributed by atoms with van der Waals surface area (Å²) in [5.41, 5.74) is 0.102. The van der Waals surface area contributed by atoms with Crippen molar-refractivity contribution in [2.45, 2.75) is 25.9 Å². The van der Waals surface area contributed by atoms with Gasteiger partial charge in [-0.1, -0.05) is 6.07 Å². The molecule has 0 spiro atoms. The lowest BCUT2D eigenvalue weighted by Gasteiger charge is -2.22. The van der Waals surface area contributed by atoms with Crippen molar-refractivity contribution in [3.05, 3.63) is 29.3 Å². The van der Waals surface area contributed by atoms with E-state index < -0.39 is 11.7 Å². The number of alkyl halides is 3. The lowest BCUT2D eigenvalue weighted by molar-refractivity contribution is -0.137. The number of anilines is 1. The average Bonchev–Trinajstić information content (AvgIpc) is 2.41. The number of hydrogen-bond acceptors (Lipinski definition) is 2. The second-order valence-electron chi connectivity index (χ2n) is 5.06. The molecule has 1 heterocycles. The van der Waals surface area contributed by atoms with Crippen LogP contribution in [0, 0.1) is 12.8 Å². The third-order valence-electron chi connectivity index (χ3n) is 3.49. The number of piperidine rings is 1. The van der Waals surface area contributed by atoms with E-state index in [0.29, 0.717) is 12.1 Å². The van der Waals surface area contributed by atoms with Crippen LogP contribution >= 0.6 is 12.4 Å². The number of rotatable bonds is 2. The summed E-state index contributed by atoms with van der Waals surface area (Å²) in [6, 6.07) is 3.38. The van der Waals surface area contributed by atoms with Crippen LogP contribution in [-0.4, -0.2) is 19.0 Å². The van der Waals surface area contributed by atoms with E-state index in [1.54, 1.807) is 6.92 Å². The van der Waals surface area contributed by atoms with Gasteiger partial charge in [-0.05, 0) is 44.0 Å². The van der Waals surface area contributed by atoms with Crippen LogP contribution in [0.25, 0.3) is 0 Å². The molecule has 1 aromatic carbocycles. The zero-order chi connectivity index (χ0) is 14.8. The monoisotopic (exact) mass is 322 g/mol. The second-order valence-corrected chi connectivity index (χ2v) is 5.06. The Kier molecular flexibility index (Phi) is 6.04. The third kappa shape index (κ3) is 4.61. The van der Waals surface area contributed by atoms with E-state index in [4.69, 9.17) is 0 Å².